The average molecular weight is 513 g/mol. The Kier molecular flexibility index (Phi) is 8.36. The molecule has 1 aromatic heterocycles. The molecule has 3 N–H and O–H groups in total. The quantitative estimate of drug-likeness (QED) is 0.265. The van der Waals surface area contributed by atoms with Gasteiger partial charge in [0.15, 0.2) is 5.76 Å². The van der Waals surface area contributed by atoms with Gasteiger partial charge in [-0.3, -0.25) is 4.79 Å². The van der Waals surface area contributed by atoms with Gasteiger partial charge in [-0.25, -0.2) is 8.78 Å². The number of aliphatic hydroxyl groups is 1. The van der Waals surface area contributed by atoms with Crippen molar-refractivity contribution in [3.8, 4) is 0 Å². The van der Waals surface area contributed by atoms with Crippen molar-refractivity contribution in [3.63, 3.8) is 0 Å². The molecule has 0 fully saturated rings. The molecule has 2 atom stereocenters. The molecular weight excluding hydrogens is 486 g/mol. The van der Waals surface area contributed by atoms with Crippen LogP contribution in [0.4, 0.5) is 8.78 Å². The maximum absolute atomic E-state index is 13.8. The van der Waals surface area contributed by atoms with E-state index in [4.69, 9.17) is 16.0 Å². The highest BCUT2D eigenvalue weighted by atomic mass is 35.5. The van der Waals surface area contributed by atoms with Gasteiger partial charge >= 0.3 is 0 Å². The predicted octanol–water partition coefficient (Wildman–Crippen LogP) is 5.42. The number of carbonyl (C=O) groups excluding carboxylic acids is 1. The highest BCUT2D eigenvalue weighted by molar-refractivity contribution is 6.31. The normalized spacial score (nSPS) is 13.0. The first-order valence-corrected chi connectivity index (χ1v) is 12.1. The summed E-state index contributed by atoms with van der Waals surface area (Å²) >= 11 is 6.02. The number of aryl methyl sites for hydroxylation is 1. The van der Waals surface area contributed by atoms with Gasteiger partial charge in [-0.05, 0) is 65.9 Å². The molecule has 4 aromatic rings. The Labute approximate surface area is 213 Å². The van der Waals surface area contributed by atoms with E-state index in [0.29, 0.717) is 28.1 Å². The van der Waals surface area contributed by atoms with Crippen LogP contribution < -0.4 is 10.6 Å². The molecule has 36 heavy (non-hydrogen) atoms. The van der Waals surface area contributed by atoms with E-state index in [2.05, 4.69) is 23.6 Å². The van der Waals surface area contributed by atoms with Crippen molar-refractivity contribution < 1.29 is 23.1 Å². The molecule has 0 saturated heterocycles. The first-order chi connectivity index (χ1) is 17.3. The maximum atomic E-state index is 13.8. The van der Waals surface area contributed by atoms with Crippen LogP contribution in [0, 0.1) is 11.6 Å². The Balaban J connectivity index is 1.48. The number of halogens is 3. The number of aliphatic hydroxyl groups excluding tert-OH is 1. The van der Waals surface area contributed by atoms with Crippen LogP contribution in [0.5, 0.6) is 0 Å². The lowest BCUT2D eigenvalue weighted by Crippen LogP contribution is -2.48. The van der Waals surface area contributed by atoms with Crippen LogP contribution >= 0.6 is 11.6 Å². The van der Waals surface area contributed by atoms with Crippen molar-refractivity contribution in [3.05, 3.63) is 106 Å². The molecule has 0 bridgehead atoms. The number of hydrogen-bond acceptors (Lipinski definition) is 4. The highest BCUT2D eigenvalue weighted by Crippen LogP contribution is 2.23. The van der Waals surface area contributed by atoms with Gasteiger partial charge in [0, 0.05) is 29.6 Å². The smallest absolute Gasteiger partial charge is 0.287 e. The summed E-state index contributed by atoms with van der Waals surface area (Å²) in [7, 11) is 0. The standard InChI is InChI=1S/C28H27ClF2N2O3/c1-2-17-4-3-5-18(8-17)15-32-16-25(34)24(11-19-9-22(30)14-23(31)10-19)33-28(35)27-13-20-12-21(29)6-7-26(20)36-27/h3-10,12-14,24-25,32,34H,2,11,15-16H2,1H3,(H,33,35). The van der Waals surface area contributed by atoms with Crippen LogP contribution in [-0.2, 0) is 19.4 Å². The highest BCUT2D eigenvalue weighted by Gasteiger charge is 2.24. The van der Waals surface area contributed by atoms with Gasteiger partial charge < -0.3 is 20.2 Å². The van der Waals surface area contributed by atoms with E-state index < -0.39 is 29.7 Å². The summed E-state index contributed by atoms with van der Waals surface area (Å²) in [6.45, 7) is 2.74. The Hall–Kier alpha value is -3.26. The summed E-state index contributed by atoms with van der Waals surface area (Å²) in [6, 6.07) is 17.0. The minimum absolute atomic E-state index is 0.0145. The lowest BCUT2D eigenvalue weighted by molar-refractivity contribution is 0.0806. The molecule has 0 aliphatic carbocycles. The van der Waals surface area contributed by atoms with Crippen LogP contribution in [0.15, 0.2) is 71.1 Å². The van der Waals surface area contributed by atoms with Crippen LogP contribution in [0.25, 0.3) is 11.0 Å². The van der Waals surface area contributed by atoms with Crippen LogP contribution in [0.2, 0.25) is 5.02 Å². The topological polar surface area (TPSA) is 74.5 Å². The van der Waals surface area contributed by atoms with E-state index in [1.807, 2.05) is 18.2 Å². The molecule has 0 saturated carbocycles. The van der Waals surface area contributed by atoms with Crippen LogP contribution in [0.3, 0.4) is 0 Å². The third-order valence-corrected chi connectivity index (χ3v) is 6.18. The molecule has 1 heterocycles. The van der Waals surface area contributed by atoms with Gasteiger partial charge in [0.25, 0.3) is 5.91 Å². The molecular formula is C28H27ClF2N2O3. The van der Waals surface area contributed by atoms with E-state index in [1.165, 1.54) is 17.7 Å². The van der Waals surface area contributed by atoms with Crippen molar-refractivity contribution >= 4 is 28.5 Å². The van der Waals surface area contributed by atoms with Crippen LogP contribution in [0.1, 0.15) is 34.2 Å². The summed E-state index contributed by atoms with van der Waals surface area (Å²) < 4.78 is 33.2. The summed E-state index contributed by atoms with van der Waals surface area (Å²) in [4.78, 5) is 13.0. The van der Waals surface area contributed by atoms with E-state index in [0.717, 1.165) is 18.1 Å². The fourth-order valence-corrected chi connectivity index (χ4v) is 4.28. The third kappa shape index (κ3) is 6.69. The van der Waals surface area contributed by atoms with Gasteiger partial charge in [-0.2, -0.15) is 0 Å². The number of carbonyl (C=O) groups is 1. The lowest BCUT2D eigenvalue weighted by Gasteiger charge is -2.24. The molecule has 0 aliphatic heterocycles. The van der Waals surface area contributed by atoms with Gasteiger partial charge in [0.05, 0.1) is 12.1 Å². The second-order valence-electron chi connectivity index (χ2n) is 8.73. The monoisotopic (exact) mass is 512 g/mol. The molecule has 5 nitrogen and oxygen atoms in total. The summed E-state index contributed by atoms with van der Waals surface area (Å²) in [5.41, 5.74) is 3.07. The maximum Gasteiger partial charge on any atom is 0.287 e. The molecule has 2 unspecified atom stereocenters. The van der Waals surface area contributed by atoms with E-state index in [-0.39, 0.29) is 18.7 Å². The number of amides is 1. The lowest BCUT2D eigenvalue weighted by atomic mass is 10.00. The fourth-order valence-electron chi connectivity index (χ4n) is 4.10. The fraction of sp³-hybridized carbons (Fsp3) is 0.250. The molecule has 4 rings (SSSR count). The minimum Gasteiger partial charge on any atom is -0.451 e. The minimum atomic E-state index is -1.05. The SMILES string of the molecule is CCc1cccc(CNCC(O)C(Cc2cc(F)cc(F)c2)NC(=O)c2cc3cc(Cl)ccc3o2)c1. The zero-order valence-corrected chi connectivity index (χ0v) is 20.5. The molecule has 8 heteroatoms. The largest absolute Gasteiger partial charge is 0.451 e. The average Bonchev–Trinajstić information content (AvgIpc) is 3.26. The first-order valence-electron chi connectivity index (χ1n) is 11.7. The molecule has 0 aliphatic rings. The number of furan rings is 1. The van der Waals surface area contributed by atoms with E-state index in [1.54, 1.807) is 24.3 Å². The number of nitrogens with one attached hydrogen (secondary N) is 2. The van der Waals surface area contributed by atoms with E-state index in [9.17, 15) is 18.7 Å². The second-order valence-corrected chi connectivity index (χ2v) is 9.16. The second kappa shape index (κ2) is 11.6. The van der Waals surface area contributed by atoms with Gasteiger partial charge in [-0.1, -0.05) is 42.8 Å². The number of rotatable bonds is 10. The summed E-state index contributed by atoms with van der Waals surface area (Å²) in [5.74, 6) is -1.97. The predicted molar refractivity (Wildman–Crippen MR) is 136 cm³/mol. The zero-order chi connectivity index (χ0) is 25.7. The number of fused-ring (bicyclic) bond motifs is 1. The van der Waals surface area contributed by atoms with Crippen molar-refractivity contribution in [1.82, 2.24) is 10.6 Å². The molecule has 1 amide bonds. The Morgan fingerprint density at radius 3 is 2.50 bits per heavy atom. The Morgan fingerprint density at radius 2 is 1.75 bits per heavy atom. The Bertz CT molecular complexity index is 1340. The van der Waals surface area contributed by atoms with Crippen molar-refractivity contribution in [2.24, 2.45) is 0 Å². The number of benzene rings is 3. The molecule has 0 spiro atoms. The summed E-state index contributed by atoms with van der Waals surface area (Å²) in [5, 5.41) is 18.1. The van der Waals surface area contributed by atoms with Crippen LogP contribution in [-0.4, -0.2) is 29.7 Å². The van der Waals surface area contributed by atoms with Crippen molar-refractivity contribution in [1.29, 1.82) is 0 Å². The number of hydrogen-bond donors (Lipinski definition) is 3. The Morgan fingerprint density at radius 1 is 1.00 bits per heavy atom. The zero-order valence-electron chi connectivity index (χ0n) is 19.7. The first kappa shape index (κ1) is 25.8. The third-order valence-electron chi connectivity index (χ3n) is 5.94. The van der Waals surface area contributed by atoms with Gasteiger partial charge in [0.1, 0.15) is 17.2 Å². The molecule has 0 radical (unpaired) electrons. The van der Waals surface area contributed by atoms with Gasteiger partial charge in [-0.15, -0.1) is 0 Å². The van der Waals surface area contributed by atoms with Crippen molar-refractivity contribution in [2.45, 2.75) is 38.5 Å². The molecule has 188 valence electrons. The molecule has 3 aromatic carbocycles. The van der Waals surface area contributed by atoms with E-state index >= 15 is 0 Å². The van der Waals surface area contributed by atoms with Gasteiger partial charge in [0.2, 0.25) is 0 Å². The summed E-state index contributed by atoms with van der Waals surface area (Å²) in [6.07, 6.45) is -0.114. The van der Waals surface area contributed by atoms with Crippen molar-refractivity contribution in [2.75, 3.05) is 6.54 Å².